The lowest BCUT2D eigenvalue weighted by Gasteiger charge is -2.22. The second-order valence-corrected chi connectivity index (χ2v) is 7.84. The van der Waals surface area contributed by atoms with Crippen LogP contribution in [0.5, 0.6) is 0 Å². The van der Waals surface area contributed by atoms with Crippen molar-refractivity contribution in [2.75, 3.05) is 5.32 Å². The number of nitrogens with one attached hydrogen (secondary N) is 1. The number of amides is 1. The number of nitrogens with zero attached hydrogens (tertiary/aromatic N) is 4. The van der Waals surface area contributed by atoms with Gasteiger partial charge in [0, 0.05) is 17.5 Å². The highest BCUT2D eigenvalue weighted by atomic mass is 35.5. The zero-order valence-electron chi connectivity index (χ0n) is 13.5. The molecule has 1 amide bonds. The summed E-state index contributed by atoms with van der Waals surface area (Å²) < 4.78 is 1.51. The third-order valence-corrected chi connectivity index (χ3v) is 5.34. The second-order valence-electron chi connectivity index (χ2n) is 5.91. The molecule has 1 aromatic carbocycles. The molecule has 9 heteroatoms. The Kier molecular flexibility index (Phi) is 5.08. The molecular weight excluding hydrogens is 381 g/mol. The van der Waals surface area contributed by atoms with Crippen LogP contribution in [0.4, 0.5) is 5.13 Å². The summed E-state index contributed by atoms with van der Waals surface area (Å²) >= 11 is 13.4. The van der Waals surface area contributed by atoms with E-state index >= 15 is 0 Å². The number of benzene rings is 1. The SMILES string of the molecule is CC(C)(C(=O)Nc1ncc(Cc2ccc(Cl)c(Cl)c2)s1)n1cncn1. The summed E-state index contributed by atoms with van der Waals surface area (Å²) in [6, 6.07) is 5.51. The van der Waals surface area contributed by atoms with Crippen molar-refractivity contribution in [2.24, 2.45) is 0 Å². The monoisotopic (exact) mass is 395 g/mol. The summed E-state index contributed by atoms with van der Waals surface area (Å²) in [7, 11) is 0. The van der Waals surface area contributed by atoms with Crippen LogP contribution < -0.4 is 5.32 Å². The van der Waals surface area contributed by atoms with Crippen molar-refractivity contribution < 1.29 is 4.79 Å². The van der Waals surface area contributed by atoms with E-state index in [0.717, 1.165) is 10.4 Å². The molecule has 1 N–H and O–H groups in total. The number of hydrogen-bond acceptors (Lipinski definition) is 5. The van der Waals surface area contributed by atoms with E-state index in [4.69, 9.17) is 23.2 Å². The number of rotatable bonds is 5. The first-order valence-corrected chi connectivity index (χ1v) is 8.98. The molecule has 0 saturated carbocycles. The second kappa shape index (κ2) is 7.11. The van der Waals surface area contributed by atoms with Crippen LogP contribution in [0, 0.1) is 0 Å². The Morgan fingerprint density at radius 2 is 2.12 bits per heavy atom. The quantitative estimate of drug-likeness (QED) is 0.708. The lowest BCUT2D eigenvalue weighted by atomic mass is 10.1. The summed E-state index contributed by atoms with van der Waals surface area (Å²) in [5.41, 5.74) is 0.158. The van der Waals surface area contributed by atoms with Gasteiger partial charge in [-0.15, -0.1) is 11.3 Å². The number of aromatic nitrogens is 4. The number of halogens is 2. The van der Waals surface area contributed by atoms with Crippen LogP contribution in [-0.2, 0) is 16.8 Å². The Morgan fingerprint density at radius 3 is 2.80 bits per heavy atom. The van der Waals surface area contributed by atoms with Gasteiger partial charge in [0.1, 0.15) is 18.2 Å². The third-order valence-electron chi connectivity index (χ3n) is 3.68. The third kappa shape index (κ3) is 4.00. The number of carbonyl (C=O) groups is 1. The molecule has 3 rings (SSSR count). The fourth-order valence-corrected chi connectivity index (χ4v) is 3.31. The number of hydrogen-bond donors (Lipinski definition) is 1. The smallest absolute Gasteiger partial charge is 0.253 e. The van der Waals surface area contributed by atoms with Gasteiger partial charge < -0.3 is 0 Å². The van der Waals surface area contributed by atoms with Gasteiger partial charge in [0.15, 0.2) is 5.13 Å². The first kappa shape index (κ1) is 17.8. The van der Waals surface area contributed by atoms with Gasteiger partial charge in [0.05, 0.1) is 10.0 Å². The van der Waals surface area contributed by atoms with Crippen LogP contribution in [0.15, 0.2) is 37.1 Å². The molecule has 130 valence electrons. The molecule has 2 aromatic heterocycles. The van der Waals surface area contributed by atoms with Gasteiger partial charge in [-0.2, -0.15) is 5.10 Å². The Balaban J connectivity index is 1.69. The van der Waals surface area contributed by atoms with E-state index in [1.165, 1.54) is 28.7 Å². The van der Waals surface area contributed by atoms with Gasteiger partial charge in [-0.25, -0.2) is 14.6 Å². The first-order chi connectivity index (χ1) is 11.9. The summed E-state index contributed by atoms with van der Waals surface area (Å²) in [5.74, 6) is -0.214. The maximum absolute atomic E-state index is 12.5. The molecular formula is C16H15Cl2N5OS. The normalized spacial score (nSPS) is 11.5. The molecule has 2 heterocycles. The van der Waals surface area contributed by atoms with Crippen LogP contribution in [0.1, 0.15) is 24.3 Å². The molecule has 0 fully saturated rings. The molecule has 0 aliphatic heterocycles. The maximum atomic E-state index is 12.5. The van der Waals surface area contributed by atoms with Gasteiger partial charge in [-0.1, -0.05) is 29.3 Å². The standard InChI is InChI=1S/C16H15Cl2N5OS/c1-16(2,23-9-19-8-21-23)14(24)22-15-20-7-11(25-15)5-10-3-4-12(17)13(18)6-10/h3-4,6-9H,5H2,1-2H3,(H,20,22,24). The molecule has 0 spiro atoms. The molecule has 6 nitrogen and oxygen atoms in total. The summed E-state index contributed by atoms with van der Waals surface area (Å²) in [6.45, 7) is 3.53. The molecule has 0 unspecified atom stereocenters. The molecule has 0 aliphatic carbocycles. The predicted molar refractivity (Wildman–Crippen MR) is 99.4 cm³/mol. The summed E-state index contributed by atoms with van der Waals surface area (Å²) in [6.07, 6.45) is 5.31. The Labute approximate surface area is 158 Å². The highest BCUT2D eigenvalue weighted by Gasteiger charge is 2.31. The zero-order chi connectivity index (χ0) is 18.0. The van der Waals surface area contributed by atoms with Crippen LogP contribution in [-0.4, -0.2) is 25.7 Å². The molecule has 0 atom stereocenters. The lowest BCUT2D eigenvalue weighted by Crippen LogP contribution is -2.40. The fraction of sp³-hybridized carbons (Fsp3) is 0.250. The van der Waals surface area contributed by atoms with E-state index < -0.39 is 5.54 Å². The molecule has 0 radical (unpaired) electrons. The van der Waals surface area contributed by atoms with E-state index in [1.807, 2.05) is 12.1 Å². The minimum Gasteiger partial charge on any atom is -0.300 e. The van der Waals surface area contributed by atoms with E-state index in [1.54, 1.807) is 26.1 Å². The van der Waals surface area contributed by atoms with Gasteiger partial charge in [0.25, 0.3) is 5.91 Å². The van der Waals surface area contributed by atoms with Crippen LogP contribution in [0.2, 0.25) is 10.0 Å². The van der Waals surface area contributed by atoms with Crippen molar-refractivity contribution >= 4 is 45.6 Å². The topological polar surface area (TPSA) is 72.7 Å². The van der Waals surface area contributed by atoms with Crippen LogP contribution >= 0.6 is 34.5 Å². The van der Waals surface area contributed by atoms with E-state index in [9.17, 15) is 4.79 Å². The molecule has 3 aromatic rings. The minimum atomic E-state index is -0.869. The van der Waals surface area contributed by atoms with Crippen molar-refractivity contribution in [3.8, 4) is 0 Å². The van der Waals surface area contributed by atoms with Crippen molar-refractivity contribution in [1.82, 2.24) is 19.7 Å². The van der Waals surface area contributed by atoms with Crippen LogP contribution in [0.3, 0.4) is 0 Å². The van der Waals surface area contributed by atoms with Gasteiger partial charge in [0.2, 0.25) is 0 Å². The van der Waals surface area contributed by atoms with Crippen molar-refractivity contribution in [2.45, 2.75) is 25.8 Å². The highest BCUT2D eigenvalue weighted by Crippen LogP contribution is 2.27. The van der Waals surface area contributed by atoms with Crippen molar-refractivity contribution in [3.05, 3.63) is 57.5 Å². The maximum Gasteiger partial charge on any atom is 0.253 e. The summed E-state index contributed by atoms with van der Waals surface area (Å²) in [4.78, 5) is 21.7. The average molecular weight is 396 g/mol. The number of thiazole rings is 1. The molecule has 0 bridgehead atoms. The lowest BCUT2D eigenvalue weighted by molar-refractivity contribution is -0.123. The van der Waals surface area contributed by atoms with Crippen molar-refractivity contribution in [3.63, 3.8) is 0 Å². The Bertz CT molecular complexity index is 892. The fourth-order valence-electron chi connectivity index (χ4n) is 2.15. The van der Waals surface area contributed by atoms with Crippen LogP contribution in [0.25, 0.3) is 0 Å². The zero-order valence-corrected chi connectivity index (χ0v) is 15.9. The largest absolute Gasteiger partial charge is 0.300 e. The Morgan fingerprint density at radius 1 is 1.32 bits per heavy atom. The summed E-state index contributed by atoms with van der Waals surface area (Å²) in [5, 5.41) is 8.44. The highest BCUT2D eigenvalue weighted by molar-refractivity contribution is 7.15. The molecule has 25 heavy (non-hydrogen) atoms. The van der Waals surface area contributed by atoms with Crippen molar-refractivity contribution in [1.29, 1.82) is 0 Å². The van der Waals surface area contributed by atoms with Gasteiger partial charge in [-0.05, 0) is 31.5 Å². The Hall–Kier alpha value is -1.96. The van der Waals surface area contributed by atoms with E-state index in [2.05, 4.69) is 20.4 Å². The van der Waals surface area contributed by atoms with E-state index in [0.29, 0.717) is 21.6 Å². The van der Waals surface area contributed by atoms with E-state index in [-0.39, 0.29) is 5.91 Å². The average Bonchev–Trinajstić information content (AvgIpc) is 3.23. The molecule has 0 aliphatic rings. The molecule has 0 saturated heterocycles. The van der Waals surface area contributed by atoms with Gasteiger partial charge in [-0.3, -0.25) is 10.1 Å². The van der Waals surface area contributed by atoms with Gasteiger partial charge >= 0.3 is 0 Å². The minimum absolute atomic E-state index is 0.214. The number of carbonyl (C=O) groups excluding carboxylic acids is 1. The first-order valence-electron chi connectivity index (χ1n) is 7.41. The predicted octanol–water partition coefficient (Wildman–Crippen LogP) is 4.01. The number of anilines is 1.